The number of hydrogen-bond acceptors (Lipinski definition) is 5. The van der Waals surface area contributed by atoms with E-state index < -0.39 is 0 Å². The van der Waals surface area contributed by atoms with Gasteiger partial charge < -0.3 is 15.4 Å². The summed E-state index contributed by atoms with van der Waals surface area (Å²) in [6.07, 6.45) is 6.01. The lowest BCUT2D eigenvalue weighted by Crippen LogP contribution is -1.99. The van der Waals surface area contributed by atoms with Crippen molar-refractivity contribution in [1.29, 1.82) is 0 Å². The zero-order chi connectivity index (χ0) is 11.4. The number of aliphatic hydroxyl groups excluding tert-OH is 1. The molecular weight excluding hydrogens is 206 g/mol. The third-order valence-electron chi connectivity index (χ3n) is 2.49. The van der Waals surface area contributed by atoms with Gasteiger partial charge >= 0.3 is 0 Å². The van der Waals surface area contributed by atoms with Crippen molar-refractivity contribution in [2.24, 2.45) is 0 Å². The van der Waals surface area contributed by atoms with Gasteiger partial charge in [-0.25, -0.2) is 15.0 Å². The predicted molar refractivity (Wildman–Crippen MR) is 60.7 cm³/mol. The maximum atomic E-state index is 8.68. The van der Waals surface area contributed by atoms with E-state index in [1.54, 1.807) is 6.33 Å². The summed E-state index contributed by atoms with van der Waals surface area (Å²) in [5.74, 6) is 0.416. The normalized spacial score (nSPS) is 11.1. The Labute approximate surface area is 93.1 Å². The number of hydrogen-bond donors (Lipinski definition) is 2. The molecule has 0 aliphatic carbocycles. The van der Waals surface area contributed by atoms with Crippen LogP contribution in [0.1, 0.15) is 19.3 Å². The number of nitrogens with zero attached hydrogens (tertiary/aromatic N) is 4. The van der Waals surface area contributed by atoms with E-state index in [0.29, 0.717) is 11.3 Å². The molecule has 6 heteroatoms. The molecule has 3 N–H and O–H groups in total. The first-order chi connectivity index (χ1) is 7.83. The lowest BCUT2D eigenvalue weighted by molar-refractivity contribution is 0.282. The number of unbranched alkanes of at least 4 members (excludes halogenated alkanes) is 2. The van der Waals surface area contributed by atoms with Crippen LogP contribution in [0.3, 0.4) is 0 Å². The van der Waals surface area contributed by atoms with Gasteiger partial charge in [-0.15, -0.1) is 0 Å². The summed E-state index contributed by atoms with van der Waals surface area (Å²) in [5.41, 5.74) is 7.12. The van der Waals surface area contributed by atoms with Gasteiger partial charge in [-0.05, 0) is 19.3 Å². The molecule has 2 aromatic rings. The zero-order valence-corrected chi connectivity index (χ0v) is 9.00. The van der Waals surface area contributed by atoms with Crippen molar-refractivity contribution in [2.45, 2.75) is 25.8 Å². The number of aromatic nitrogens is 4. The summed E-state index contributed by atoms with van der Waals surface area (Å²) in [6, 6.07) is 0. The molecule has 0 aliphatic heterocycles. The second-order valence-electron chi connectivity index (χ2n) is 3.65. The Bertz CT molecular complexity index is 467. The lowest BCUT2D eigenvalue weighted by Gasteiger charge is -2.02. The Balaban J connectivity index is 2.10. The SMILES string of the molecule is Nc1ncnc2c1ncn2CCCCCO. The molecule has 0 radical (unpaired) electrons. The Kier molecular flexibility index (Phi) is 3.31. The Morgan fingerprint density at radius 1 is 1.19 bits per heavy atom. The van der Waals surface area contributed by atoms with Gasteiger partial charge in [0.15, 0.2) is 11.5 Å². The monoisotopic (exact) mass is 221 g/mol. The average molecular weight is 221 g/mol. The Hall–Kier alpha value is -1.69. The highest BCUT2D eigenvalue weighted by Crippen LogP contribution is 2.14. The highest BCUT2D eigenvalue weighted by molar-refractivity contribution is 5.80. The highest BCUT2D eigenvalue weighted by atomic mass is 16.2. The van der Waals surface area contributed by atoms with Crippen molar-refractivity contribution in [2.75, 3.05) is 12.3 Å². The van der Waals surface area contributed by atoms with Crippen molar-refractivity contribution in [3.05, 3.63) is 12.7 Å². The molecule has 2 aromatic heterocycles. The zero-order valence-electron chi connectivity index (χ0n) is 9.00. The largest absolute Gasteiger partial charge is 0.396 e. The van der Waals surface area contributed by atoms with Gasteiger partial charge in [0.1, 0.15) is 11.8 Å². The van der Waals surface area contributed by atoms with Crippen LogP contribution in [0.4, 0.5) is 5.82 Å². The molecule has 0 aliphatic rings. The number of aliphatic hydroxyl groups is 1. The van der Waals surface area contributed by atoms with Crippen LogP contribution in [0.25, 0.3) is 11.2 Å². The van der Waals surface area contributed by atoms with E-state index in [1.165, 1.54) is 6.33 Å². The minimum atomic E-state index is 0.250. The smallest absolute Gasteiger partial charge is 0.165 e. The molecular formula is C10H15N5O. The molecule has 0 aromatic carbocycles. The van der Waals surface area contributed by atoms with Crippen LogP contribution in [0.2, 0.25) is 0 Å². The van der Waals surface area contributed by atoms with Gasteiger partial charge in [0.05, 0.1) is 6.33 Å². The van der Waals surface area contributed by atoms with Crippen LogP contribution < -0.4 is 5.73 Å². The molecule has 0 unspecified atom stereocenters. The number of nitrogen functional groups attached to an aromatic ring is 1. The topological polar surface area (TPSA) is 89.9 Å². The van der Waals surface area contributed by atoms with E-state index in [4.69, 9.17) is 10.8 Å². The van der Waals surface area contributed by atoms with Crippen LogP contribution >= 0.6 is 0 Å². The summed E-state index contributed by atoms with van der Waals surface area (Å²) in [4.78, 5) is 12.2. The molecule has 16 heavy (non-hydrogen) atoms. The van der Waals surface area contributed by atoms with Crippen molar-refractivity contribution >= 4 is 17.0 Å². The number of rotatable bonds is 5. The summed E-state index contributed by atoms with van der Waals surface area (Å²) < 4.78 is 1.96. The number of fused-ring (bicyclic) bond motifs is 1. The number of nitrogens with two attached hydrogens (primary N) is 1. The minimum Gasteiger partial charge on any atom is -0.396 e. The number of anilines is 1. The van der Waals surface area contributed by atoms with Crippen LogP contribution in [0, 0.1) is 0 Å². The first kappa shape index (κ1) is 10.8. The van der Waals surface area contributed by atoms with E-state index in [9.17, 15) is 0 Å². The van der Waals surface area contributed by atoms with E-state index in [1.807, 2.05) is 4.57 Å². The highest BCUT2D eigenvalue weighted by Gasteiger charge is 2.06. The van der Waals surface area contributed by atoms with Crippen LogP contribution in [0.5, 0.6) is 0 Å². The molecule has 0 bridgehead atoms. The van der Waals surface area contributed by atoms with Gasteiger partial charge in [-0.3, -0.25) is 0 Å². The maximum Gasteiger partial charge on any atom is 0.165 e. The fraction of sp³-hybridized carbons (Fsp3) is 0.500. The first-order valence-electron chi connectivity index (χ1n) is 5.35. The Morgan fingerprint density at radius 2 is 2.06 bits per heavy atom. The van der Waals surface area contributed by atoms with Crippen molar-refractivity contribution in [3.8, 4) is 0 Å². The fourth-order valence-corrected chi connectivity index (χ4v) is 1.63. The number of aryl methyl sites for hydroxylation is 1. The number of imidazole rings is 1. The standard InChI is InChI=1S/C10H15N5O/c11-9-8-10(13-6-12-9)15(7-14-8)4-2-1-3-5-16/h6-7,16H,1-5H2,(H2,11,12,13). The summed E-state index contributed by atoms with van der Waals surface area (Å²) in [6.45, 7) is 1.09. The molecule has 6 nitrogen and oxygen atoms in total. The second-order valence-corrected chi connectivity index (χ2v) is 3.65. The Morgan fingerprint density at radius 3 is 2.88 bits per heavy atom. The van der Waals surface area contributed by atoms with Crippen molar-refractivity contribution < 1.29 is 5.11 Å². The van der Waals surface area contributed by atoms with E-state index in [0.717, 1.165) is 31.5 Å². The molecule has 0 spiro atoms. The molecule has 0 atom stereocenters. The first-order valence-corrected chi connectivity index (χ1v) is 5.35. The van der Waals surface area contributed by atoms with E-state index in [2.05, 4.69) is 15.0 Å². The third kappa shape index (κ3) is 2.11. The summed E-state index contributed by atoms with van der Waals surface area (Å²) in [5, 5.41) is 8.68. The second kappa shape index (κ2) is 4.89. The predicted octanol–water partition coefficient (Wildman–Crippen LogP) is 0.571. The molecule has 0 amide bonds. The van der Waals surface area contributed by atoms with Gasteiger partial charge in [0.25, 0.3) is 0 Å². The quantitative estimate of drug-likeness (QED) is 0.720. The molecule has 0 saturated heterocycles. The van der Waals surface area contributed by atoms with Crippen molar-refractivity contribution in [1.82, 2.24) is 19.5 Å². The average Bonchev–Trinajstić information content (AvgIpc) is 2.70. The summed E-state index contributed by atoms with van der Waals surface area (Å²) >= 11 is 0. The van der Waals surface area contributed by atoms with Crippen LogP contribution in [0.15, 0.2) is 12.7 Å². The molecule has 86 valence electrons. The molecule has 0 saturated carbocycles. The third-order valence-corrected chi connectivity index (χ3v) is 2.49. The van der Waals surface area contributed by atoms with Gasteiger partial charge in [-0.1, -0.05) is 0 Å². The molecule has 0 fully saturated rings. The van der Waals surface area contributed by atoms with Crippen LogP contribution in [-0.4, -0.2) is 31.2 Å². The van der Waals surface area contributed by atoms with Gasteiger partial charge in [0, 0.05) is 13.2 Å². The van der Waals surface area contributed by atoms with Gasteiger partial charge in [-0.2, -0.15) is 0 Å². The molecule has 2 heterocycles. The summed E-state index contributed by atoms with van der Waals surface area (Å²) in [7, 11) is 0. The lowest BCUT2D eigenvalue weighted by atomic mass is 10.2. The van der Waals surface area contributed by atoms with Gasteiger partial charge in [0.2, 0.25) is 0 Å². The van der Waals surface area contributed by atoms with Crippen LogP contribution in [-0.2, 0) is 6.54 Å². The van der Waals surface area contributed by atoms with E-state index >= 15 is 0 Å². The van der Waals surface area contributed by atoms with Crippen molar-refractivity contribution in [3.63, 3.8) is 0 Å². The minimum absolute atomic E-state index is 0.250. The van der Waals surface area contributed by atoms with E-state index in [-0.39, 0.29) is 6.61 Å². The fourth-order valence-electron chi connectivity index (χ4n) is 1.63. The maximum absolute atomic E-state index is 8.68. The molecule has 2 rings (SSSR count).